The van der Waals surface area contributed by atoms with Crippen LogP contribution < -0.4 is 0 Å². The van der Waals surface area contributed by atoms with E-state index in [0.29, 0.717) is 5.57 Å². The summed E-state index contributed by atoms with van der Waals surface area (Å²) in [7, 11) is 0. The molecule has 2 heteroatoms. The second-order valence-electron chi connectivity index (χ2n) is 1.34. The van der Waals surface area contributed by atoms with Gasteiger partial charge in [0.05, 0.1) is 0 Å². The van der Waals surface area contributed by atoms with Crippen molar-refractivity contribution in [2.45, 2.75) is 6.92 Å². The van der Waals surface area contributed by atoms with Gasteiger partial charge >= 0.3 is 46.0 Å². The summed E-state index contributed by atoms with van der Waals surface area (Å²) < 4.78 is 0.0648. The predicted octanol–water partition coefficient (Wildman–Crippen LogP) is 0.258. The minimum atomic E-state index is 0.0648. The Kier molecular flexibility index (Phi) is 2.23. The van der Waals surface area contributed by atoms with Gasteiger partial charge in [-0.3, -0.25) is 0 Å². The first-order valence-electron chi connectivity index (χ1n) is 1.81. The number of carbonyl (C=O) groups is 1. The van der Waals surface area contributed by atoms with E-state index in [1.54, 1.807) is 6.92 Å². The fraction of sp³-hybridized carbons (Fsp3) is 0.250. The van der Waals surface area contributed by atoms with Crippen LogP contribution in [0.15, 0.2) is 12.2 Å². The molecule has 1 nitrogen and oxygen atoms in total. The second-order valence-corrected chi connectivity index (χ2v) is 1.34. The molecule has 0 aliphatic rings. The quantitative estimate of drug-likeness (QED) is 0.323. The maximum atomic E-state index is 10.0. The third-order valence-electron chi connectivity index (χ3n) is 0.601. The molecule has 0 amide bonds. The summed E-state index contributed by atoms with van der Waals surface area (Å²) >= 11 is 1.50. The Bertz CT molecular complexity index is 73.5. The van der Waals surface area contributed by atoms with E-state index in [9.17, 15) is 4.79 Å². The Morgan fingerprint density at radius 3 is 2.00 bits per heavy atom. The van der Waals surface area contributed by atoms with Gasteiger partial charge in [-0.2, -0.15) is 0 Å². The molecule has 0 radical (unpaired) electrons. The van der Waals surface area contributed by atoms with E-state index in [0.717, 1.165) is 0 Å². The van der Waals surface area contributed by atoms with Crippen molar-refractivity contribution in [1.29, 1.82) is 0 Å². The van der Waals surface area contributed by atoms with Crippen LogP contribution in [0.3, 0.4) is 0 Å². The molecule has 28 valence electrons. The van der Waals surface area contributed by atoms with E-state index in [-0.39, 0.29) is 4.46 Å². The van der Waals surface area contributed by atoms with Crippen molar-refractivity contribution in [3.8, 4) is 0 Å². The molecule has 0 heterocycles. The summed E-state index contributed by atoms with van der Waals surface area (Å²) in [6, 6.07) is 0. The van der Waals surface area contributed by atoms with Gasteiger partial charge in [-0.1, -0.05) is 0 Å². The zero-order valence-electron chi connectivity index (χ0n) is 4.12. The molecular weight excluding hydrogens is 71.0 g/mol. The number of allylic oxidation sites excluding steroid dienone is 1. The van der Waals surface area contributed by atoms with Gasteiger partial charge in [-0.15, -0.1) is 0 Å². The van der Waals surface area contributed by atoms with E-state index in [4.69, 9.17) is 0 Å². The molecule has 0 saturated carbocycles. The zero-order chi connectivity index (χ0) is 5.15. The molecule has 0 fully saturated rings. The van der Waals surface area contributed by atoms with Crippen molar-refractivity contribution in [3.63, 3.8) is 0 Å². The van der Waals surface area contributed by atoms with Crippen LogP contribution in [0.1, 0.15) is 6.92 Å². The summed E-state index contributed by atoms with van der Waals surface area (Å²) in [6.07, 6.45) is 0. The molecule has 0 aromatic rings. The van der Waals surface area contributed by atoms with Gasteiger partial charge in [-0.25, -0.2) is 0 Å². The van der Waals surface area contributed by atoms with Crippen molar-refractivity contribution in [2.75, 3.05) is 0 Å². The first kappa shape index (κ1) is 6.01. The van der Waals surface area contributed by atoms with Gasteiger partial charge < -0.3 is 0 Å². The van der Waals surface area contributed by atoms with Gasteiger partial charge in [0.25, 0.3) is 0 Å². The molecule has 0 unspecified atom stereocenters. The molecule has 0 atom stereocenters. The third kappa shape index (κ3) is 2.26. The summed E-state index contributed by atoms with van der Waals surface area (Å²) in [5.41, 5.74) is 0.620. The van der Waals surface area contributed by atoms with Crippen LogP contribution in [0.5, 0.6) is 0 Å². The van der Waals surface area contributed by atoms with Crippen LogP contribution in [0.2, 0.25) is 0 Å². The Morgan fingerprint density at radius 2 is 2.00 bits per heavy atom. The van der Waals surface area contributed by atoms with Crippen molar-refractivity contribution < 1.29 is 4.79 Å². The van der Waals surface area contributed by atoms with Crippen molar-refractivity contribution >= 4 is 22.2 Å². The Labute approximate surface area is 46.6 Å². The van der Waals surface area contributed by atoms with Gasteiger partial charge in [0, 0.05) is 0 Å². The van der Waals surface area contributed by atoms with Gasteiger partial charge in [0.15, 0.2) is 0 Å². The average Bonchev–Trinajstić information content (AvgIpc) is 1.36. The van der Waals surface area contributed by atoms with Crippen molar-refractivity contribution in [1.82, 2.24) is 0 Å². The number of hydrogen-bond donors (Lipinski definition) is 0. The molecule has 0 aromatic heterocycles. The molecule has 0 aromatic carbocycles. The van der Waals surface area contributed by atoms with Gasteiger partial charge in [-0.05, 0) is 0 Å². The van der Waals surface area contributed by atoms with Crippen LogP contribution in [0.4, 0.5) is 0 Å². The first-order valence-corrected chi connectivity index (χ1v) is 1.81. The SMILES string of the molecule is [Li][C](=O)C(=C)C. The van der Waals surface area contributed by atoms with Crippen LogP contribution in [-0.4, -0.2) is 22.2 Å². The van der Waals surface area contributed by atoms with E-state index < -0.39 is 0 Å². The topological polar surface area (TPSA) is 17.1 Å². The molecule has 0 saturated heterocycles. The first-order chi connectivity index (χ1) is 2.64. The summed E-state index contributed by atoms with van der Waals surface area (Å²) in [5, 5.41) is 0. The third-order valence-corrected chi connectivity index (χ3v) is 0.601. The predicted molar refractivity (Wildman–Crippen MR) is 25.6 cm³/mol. The van der Waals surface area contributed by atoms with E-state index >= 15 is 0 Å². The van der Waals surface area contributed by atoms with Gasteiger partial charge in [0.2, 0.25) is 0 Å². The molecular formula is C4H5LiO. The van der Waals surface area contributed by atoms with Gasteiger partial charge in [0.1, 0.15) is 0 Å². The van der Waals surface area contributed by atoms with E-state index in [2.05, 4.69) is 6.58 Å². The fourth-order valence-corrected chi connectivity index (χ4v) is 0. The number of carbonyl (C=O) groups excluding carboxylic acids is 1. The molecule has 0 N–H and O–H groups in total. The second kappa shape index (κ2) is 2.23. The summed E-state index contributed by atoms with van der Waals surface area (Å²) in [6.45, 7) is 5.10. The minimum absolute atomic E-state index is 0.0648. The standard InChI is InChI=1S/C4H5O.Li/c1-4(2)3-5;/h1H2,2H3;. The number of rotatable bonds is 1. The van der Waals surface area contributed by atoms with Crippen LogP contribution in [0.25, 0.3) is 0 Å². The maximum absolute atomic E-state index is 10.0. The molecule has 6 heavy (non-hydrogen) atoms. The normalized spacial score (nSPS) is 7.83. The van der Waals surface area contributed by atoms with E-state index in [1.807, 2.05) is 0 Å². The average molecular weight is 76.0 g/mol. The molecule has 0 bridgehead atoms. The monoisotopic (exact) mass is 76.1 g/mol. The Balaban J connectivity index is 3.57. The van der Waals surface area contributed by atoms with Crippen LogP contribution >= 0.6 is 0 Å². The summed E-state index contributed by atoms with van der Waals surface area (Å²) in [5.74, 6) is 0. The number of hydrogen-bond acceptors (Lipinski definition) is 1. The van der Waals surface area contributed by atoms with Crippen molar-refractivity contribution in [2.24, 2.45) is 0 Å². The molecule has 0 rings (SSSR count). The summed E-state index contributed by atoms with van der Waals surface area (Å²) in [4.78, 5) is 10.0. The zero-order valence-corrected chi connectivity index (χ0v) is 4.12. The molecule has 0 aliphatic heterocycles. The molecule has 0 spiro atoms. The van der Waals surface area contributed by atoms with Crippen molar-refractivity contribution in [3.05, 3.63) is 12.2 Å². The van der Waals surface area contributed by atoms with Crippen LogP contribution in [0, 0.1) is 0 Å². The fourth-order valence-electron chi connectivity index (χ4n) is 0. The van der Waals surface area contributed by atoms with Crippen LogP contribution in [-0.2, 0) is 4.79 Å². The molecule has 0 aliphatic carbocycles. The Hall–Kier alpha value is 0.00740. The Morgan fingerprint density at radius 1 is 1.83 bits per heavy atom. The van der Waals surface area contributed by atoms with E-state index in [1.165, 1.54) is 17.7 Å².